The van der Waals surface area contributed by atoms with Crippen molar-refractivity contribution in [3.8, 4) is 0 Å². The second-order valence-electron chi connectivity index (χ2n) is 6.03. The zero-order valence-corrected chi connectivity index (χ0v) is 18.2. The first-order chi connectivity index (χ1) is 14.0. The minimum atomic E-state index is -0.450. The third-order valence-corrected chi connectivity index (χ3v) is 5.89. The Labute approximate surface area is 181 Å². The summed E-state index contributed by atoms with van der Waals surface area (Å²) in [4.78, 5) is 27.2. The van der Waals surface area contributed by atoms with E-state index >= 15 is 0 Å². The maximum absolute atomic E-state index is 13.2. The number of hydrogen-bond donors (Lipinski definition) is 2. The van der Waals surface area contributed by atoms with Crippen molar-refractivity contribution in [2.45, 2.75) is 38.3 Å². The van der Waals surface area contributed by atoms with E-state index < -0.39 is 5.82 Å². The van der Waals surface area contributed by atoms with Crippen LogP contribution in [0.2, 0.25) is 5.02 Å². The van der Waals surface area contributed by atoms with E-state index in [0.717, 1.165) is 26.2 Å². The molecule has 0 aliphatic rings. The zero-order valence-electron chi connectivity index (χ0n) is 15.8. The van der Waals surface area contributed by atoms with E-state index in [1.165, 1.54) is 24.2 Å². The first-order valence-corrected chi connectivity index (χ1v) is 10.9. The number of nitrogens with zero attached hydrogens (tertiary/aromatic N) is 3. The maximum Gasteiger partial charge on any atom is 0.271 e. The fraction of sp³-hybridized carbons (Fsp3) is 0.263. The molecule has 0 atom stereocenters. The molecule has 0 radical (unpaired) electrons. The molecular formula is C19H19ClFN5OS2. The number of carbonyl (C=O) groups excluding carboxylic acids is 1. The molecule has 0 fully saturated rings. The van der Waals surface area contributed by atoms with Crippen LogP contribution in [-0.4, -0.2) is 20.9 Å². The average Bonchev–Trinajstić information content (AvgIpc) is 3.14. The molecule has 0 aliphatic carbocycles. The van der Waals surface area contributed by atoms with E-state index in [1.54, 1.807) is 29.7 Å². The molecule has 2 N–H and O–H groups in total. The molecule has 10 heteroatoms. The second-order valence-corrected chi connectivity index (χ2v) is 8.72. The van der Waals surface area contributed by atoms with Crippen LogP contribution in [0.15, 0.2) is 35.5 Å². The normalized spacial score (nSPS) is 10.9. The van der Waals surface area contributed by atoms with E-state index in [2.05, 4.69) is 25.0 Å². The summed E-state index contributed by atoms with van der Waals surface area (Å²) in [7, 11) is 0. The van der Waals surface area contributed by atoms with Gasteiger partial charge in [0.25, 0.3) is 5.91 Å². The van der Waals surface area contributed by atoms with Crippen molar-refractivity contribution in [1.29, 1.82) is 0 Å². The molecule has 152 valence electrons. The van der Waals surface area contributed by atoms with Crippen molar-refractivity contribution >= 4 is 40.8 Å². The van der Waals surface area contributed by atoms with Gasteiger partial charge in [0.15, 0.2) is 0 Å². The van der Waals surface area contributed by atoms with Gasteiger partial charge in [-0.05, 0) is 43.5 Å². The number of rotatable bonds is 8. The lowest BCUT2D eigenvalue weighted by Crippen LogP contribution is -2.24. The summed E-state index contributed by atoms with van der Waals surface area (Å²) in [6.07, 6.45) is 3.87. The summed E-state index contributed by atoms with van der Waals surface area (Å²) in [5.41, 5.74) is 1.78. The fourth-order valence-corrected chi connectivity index (χ4v) is 4.13. The number of benzene rings is 1. The van der Waals surface area contributed by atoms with E-state index in [4.69, 9.17) is 11.6 Å². The first-order valence-electron chi connectivity index (χ1n) is 8.85. The number of aryl methyl sites for hydroxylation is 2. The highest BCUT2D eigenvalue weighted by Gasteiger charge is 2.13. The zero-order chi connectivity index (χ0) is 20.8. The molecule has 0 aliphatic heterocycles. The highest BCUT2D eigenvalue weighted by atomic mass is 35.5. The molecule has 2 heterocycles. The highest BCUT2D eigenvalue weighted by molar-refractivity contribution is 7.97. The van der Waals surface area contributed by atoms with Gasteiger partial charge in [0.1, 0.15) is 11.5 Å². The molecule has 2 aromatic heterocycles. The lowest BCUT2D eigenvalue weighted by molar-refractivity contribution is 0.0945. The van der Waals surface area contributed by atoms with Gasteiger partial charge in [-0.3, -0.25) is 14.5 Å². The van der Waals surface area contributed by atoms with Crippen molar-refractivity contribution < 1.29 is 9.18 Å². The Balaban J connectivity index is 1.58. The van der Waals surface area contributed by atoms with E-state index in [-0.39, 0.29) is 16.6 Å². The average molecular weight is 452 g/mol. The van der Waals surface area contributed by atoms with Crippen molar-refractivity contribution in [2.24, 2.45) is 0 Å². The van der Waals surface area contributed by atoms with Crippen LogP contribution in [0.1, 0.15) is 38.7 Å². The van der Waals surface area contributed by atoms with Gasteiger partial charge in [0.2, 0.25) is 0 Å². The van der Waals surface area contributed by atoms with Gasteiger partial charge in [-0.25, -0.2) is 14.4 Å². The molecule has 6 nitrogen and oxygen atoms in total. The Hall–Kier alpha value is -2.07. The SMILES string of the molecule is CCc1nc(C(=O)NCc2cnc(C)s2)cnc1CNSc1ccc(F)c(Cl)c1. The Kier molecular flexibility index (Phi) is 7.54. The molecule has 1 aromatic carbocycles. The molecule has 0 spiro atoms. The molecule has 0 bridgehead atoms. The second kappa shape index (κ2) is 10.1. The Morgan fingerprint density at radius 2 is 2.07 bits per heavy atom. The number of hydrogen-bond acceptors (Lipinski definition) is 7. The van der Waals surface area contributed by atoms with Crippen LogP contribution in [0, 0.1) is 12.7 Å². The predicted molar refractivity (Wildman–Crippen MR) is 114 cm³/mol. The van der Waals surface area contributed by atoms with Crippen molar-refractivity contribution in [2.75, 3.05) is 0 Å². The molecular weight excluding hydrogens is 433 g/mol. The molecule has 0 saturated heterocycles. The Bertz CT molecular complexity index is 1010. The number of aromatic nitrogens is 3. The number of halogens is 2. The van der Waals surface area contributed by atoms with Crippen molar-refractivity contribution in [1.82, 2.24) is 25.0 Å². The number of nitrogens with one attached hydrogen (secondary N) is 2. The standard InChI is InChI=1S/C19H19ClFN5OS2/c1-3-16-17(10-25-29-12-4-5-15(21)14(20)6-12)23-9-18(26-16)19(27)24-8-13-7-22-11(2)28-13/h4-7,9,25H,3,8,10H2,1-2H3,(H,24,27). The van der Waals surface area contributed by atoms with Crippen LogP contribution in [-0.2, 0) is 19.5 Å². The van der Waals surface area contributed by atoms with E-state index in [0.29, 0.717) is 19.5 Å². The number of thiazole rings is 1. The van der Waals surface area contributed by atoms with Crippen LogP contribution >= 0.6 is 34.9 Å². The monoisotopic (exact) mass is 451 g/mol. The van der Waals surface area contributed by atoms with Crippen molar-refractivity contribution in [3.63, 3.8) is 0 Å². The minimum absolute atomic E-state index is 0.0784. The van der Waals surface area contributed by atoms with Gasteiger partial charge in [-0.15, -0.1) is 11.3 Å². The van der Waals surface area contributed by atoms with Crippen LogP contribution < -0.4 is 10.0 Å². The van der Waals surface area contributed by atoms with Crippen molar-refractivity contribution in [3.05, 3.63) is 68.4 Å². The molecule has 0 unspecified atom stereocenters. The maximum atomic E-state index is 13.2. The van der Waals surface area contributed by atoms with Gasteiger partial charge >= 0.3 is 0 Å². The van der Waals surface area contributed by atoms with E-state index in [9.17, 15) is 9.18 Å². The van der Waals surface area contributed by atoms with Crippen LogP contribution in [0.5, 0.6) is 0 Å². The summed E-state index contributed by atoms with van der Waals surface area (Å²) >= 11 is 8.66. The summed E-state index contributed by atoms with van der Waals surface area (Å²) < 4.78 is 16.4. The summed E-state index contributed by atoms with van der Waals surface area (Å²) in [5.74, 6) is -0.720. The van der Waals surface area contributed by atoms with Crippen LogP contribution in [0.25, 0.3) is 0 Å². The molecule has 3 aromatic rings. The third kappa shape index (κ3) is 5.96. The molecule has 1 amide bonds. The largest absolute Gasteiger partial charge is 0.346 e. The minimum Gasteiger partial charge on any atom is -0.346 e. The molecule has 0 saturated carbocycles. The number of amides is 1. The summed E-state index contributed by atoms with van der Waals surface area (Å²) in [6.45, 7) is 4.73. The third-order valence-electron chi connectivity index (χ3n) is 3.91. The fourth-order valence-electron chi connectivity index (χ4n) is 2.47. The van der Waals surface area contributed by atoms with Gasteiger partial charge in [0.05, 0.1) is 40.7 Å². The van der Waals surface area contributed by atoms with Crippen LogP contribution in [0.4, 0.5) is 4.39 Å². The topological polar surface area (TPSA) is 79.8 Å². The Morgan fingerprint density at radius 3 is 2.76 bits per heavy atom. The summed E-state index contributed by atoms with van der Waals surface area (Å²) in [6, 6.07) is 4.52. The smallest absolute Gasteiger partial charge is 0.271 e. The van der Waals surface area contributed by atoms with Gasteiger partial charge < -0.3 is 5.32 Å². The Morgan fingerprint density at radius 1 is 1.24 bits per heavy atom. The summed E-state index contributed by atoms with van der Waals surface area (Å²) in [5, 5.41) is 3.88. The van der Waals surface area contributed by atoms with Gasteiger partial charge in [-0.2, -0.15) is 0 Å². The van der Waals surface area contributed by atoms with Crippen LogP contribution in [0.3, 0.4) is 0 Å². The molecule has 3 rings (SSSR count). The van der Waals surface area contributed by atoms with E-state index in [1.807, 2.05) is 13.8 Å². The lowest BCUT2D eigenvalue weighted by atomic mass is 10.2. The first kappa shape index (κ1) is 21.6. The number of carbonyl (C=O) groups is 1. The quantitative estimate of drug-likeness (QED) is 0.496. The lowest BCUT2D eigenvalue weighted by Gasteiger charge is -2.10. The highest BCUT2D eigenvalue weighted by Crippen LogP contribution is 2.22. The predicted octanol–water partition coefficient (Wildman–Crippen LogP) is 4.32. The van der Waals surface area contributed by atoms with Gasteiger partial charge in [0, 0.05) is 16.0 Å². The van der Waals surface area contributed by atoms with Gasteiger partial charge in [-0.1, -0.05) is 18.5 Å². The molecule has 29 heavy (non-hydrogen) atoms.